The summed E-state index contributed by atoms with van der Waals surface area (Å²) in [6.45, 7) is 3.17. The number of carbonyl (C=O) groups is 2. The molecule has 1 fully saturated rings. The summed E-state index contributed by atoms with van der Waals surface area (Å²) >= 11 is 6.13. The molecule has 0 atom stereocenters. The first-order chi connectivity index (χ1) is 14.8. The predicted molar refractivity (Wildman–Crippen MR) is 118 cm³/mol. The number of amides is 2. The largest absolute Gasteiger partial charge is 0.379 e. The van der Waals surface area contributed by atoms with E-state index in [-0.39, 0.29) is 47.8 Å². The molecule has 0 spiro atoms. The van der Waals surface area contributed by atoms with Crippen LogP contribution in [0.2, 0.25) is 5.02 Å². The molecule has 0 aliphatic carbocycles. The Labute approximate surface area is 186 Å². The average molecular weight is 466 g/mol. The number of anilines is 1. The van der Waals surface area contributed by atoms with E-state index in [0.29, 0.717) is 24.5 Å². The smallest absolute Gasteiger partial charge is 0.251 e. The number of carbonyl (C=O) groups excluding carboxylic acids is 2. The van der Waals surface area contributed by atoms with E-state index in [4.69, 9.17) is 16.3 Å². The van der Waals surface area contributed by atoms with Crippen LogP contribution in [0.1, 0.15) is 22.3 Å². The Kier molecular flexibility index (Phi) is 7.66. The van der Waals surface area contributed by atoms with Crippen LogP contribution in [0.25, 0.3) is 0 Å². The zero-order chi connectivity index (χ0) is 22.4. The molecule has 0 unspecified atom stereocenters. The van der Waals surface area contributed by atoms with Crippen molar-refractivity contribution in [3.05, 3.63) is 58.6 Å². The van der Waals surface area contributed by atoms with Gasteiger partial charge in [-0.1, -0.05) is 29.3 Å². The number of hydrogen-bond acceptors (Lipinski definition) is 5. The molecule has 1 aliphatic rings. The summed E-state index contributed by atoms with van der Waals surface area (Å²) in [5.41, 5.74) is 1.80. The highest BCUT2D eigenvalue weighted by Crippen LogP contribution is 2.28. The van der Waals surface area contributed by atoms with Gasteiger partial charge in [0.25, 0.3) is 5.91 Å². The van der Waals surface area contributed by atoms with Gasteiger partial charge in [-0.3, -0.25) is 9.59 Å². The van der Waals surface area contributed by atoms with Gasteiger partial charge in [-0.15, -0.1) is 0 Å². The molecule has 2 aromatic rings. The highest BCUT2D eigenvalue weighted by Gasteiger charge is 2.28. The summed E-state index contributed by atoms with van der Waals surface area (Å²) in [5.74, 6) is -0.622. The van der Waals surface area contributed by atoms with Crippen LogP contribution >= 0.6 is 11.6 Å². The third-order valence-electron chi connectivity index (χ3n) is 4.72. The SMILES string of the molecule is Cc1cccc(C(=O)NCCC(=O)Nc2ccc(Cl)c(S(=O)(=O)N3CCOCC3)c2)c1. The molecule has 3 rings (SSSR count). The third kappa shape index (κ3) is 6.04. The van der Waals surface area contributed by atoms with Gasteiger partial charge in [-0.05, 0) is 37.3 Å². The minimum Gasteiger partial charge on any atom is -0.379 e. The van der Waals surface area contributed by atoms with Crippen molar-refractivity contribution < 1.29 is 22.7 Å². The molecule has 8 nitrogen and oxygen atoms in total. The Morgan fingerprint density at radius 1 is 1.13 bits per heavy atom. The third-order valence-corrected chi connectivity index (χ3v) is 7.10. The van der Waals surface area contributed by atoms with Crippen molar-refractivity contribution >= 4 is 39.1 Å². The Morgan fingerprint density at radius 3 is 2.58 bits per heavy atom. The van der Waals surface area contributed by atoms with Gasteiger partial charge in [0.2, 0.25) is 15.9 Å². The lowest BCUT2D eigenvalue weighted by Gasteiger charge is -2.26. The predicted octanol–water partition coefficient (Wildman–Crippen LogP) is 2.43. The molecule has 1 aliphatic heterocycles. The van der Waals surface area contributed by atoms with Crippen LogP contribution in [0.15, 0.2) is 47.4 Å². The summed E-state index contributed by atoms with van der Waals surface area (Å²) in [6.07, 6.45) is 0.0335. The van der Waals surface area contributed by atoms with E-state index in [9.17, 15) is 18.0 Å². The van der Waals surface area contributed by atoms with Gasteiger partial charge in [0.15, 0.2) is 0 Å². The highest BCUT2D eigenvalue weighted by molar-refractivity contribution is 7.89. The summed E-state index contributed by atoms with van der Waals surface area (Å²) < 4.78 is 32.3. The minimum atomic E-state index is -3.80. The first kappa shape index (κ1) is 23.2. The van der Waals surface area contributed by atoms with E-state index in [0.717, 1.165) is 5.56 Å². The highest BCUT2D eigenvalue weighted by atomic mass is 35.5. The number of rotatable bonds is 7. The number of morpholine rings is 1. The maximum atomic E-state index is 12.9. The number of hydrogen-bond donors (Lipinski definition) is 2. The zero-order valence-corrected chi connectivity index (χ0v) is 18.6. The lowest BCUT2D eigenvalue weighted by Crippen LogP contribution is -2.40. The standard InChI is InChI=1S/C21H24ClN3O5S/c1-15-3-2-4-16(13-15)21(27)23-8-7-20(26)24-17-5-6-18(22)19(14-17)31(28,29)25-9-11-30-12-10-25/h2-6,13-14H,7-12H2,1H3,(H,23,27)(H,24,26). The van der Waals surface area contributed by atoms with Crippen molar-refractivity contribution in [2.24, 2.45) is 0 Å². The van der Waals surface area contributed by atoms with E-state index in [1.165, 1.54) is 22.5 Å². The topological polar surface area (TPSA) is 105 Å². The monoisotopic (exact) mass is 465 g/mol. The normalized spacial score (nSPS) is 14.8. The summed E-state index contributed by atoms with van der Waals surface area (Å²) in [6, 6.07) is 11.5. The van der Waals surface area contributed by atoms with E-state index in [2.05, 4.69) is 10.6 Å². The van der Waals surface area contributed by atoms with E-state index in [1.807, 2.05) is 13.0 Å². The Bertz CT molecular complexity index is 1070. The maximum absolute atomic E-state index is 12.9. The molecule has 0 saturated carbocycles. The maximum Gasteiger partial charge on any atom is 0.251 e. The van der Waals surface area contributed by atoms with Gasteiger partial charge in [0, 0.05) is 37.3 Å². The number of halogens is 1. The molecule has 0 radical (unpaired) electrons. The van der Waals surface area contributed by atoms with Gasteiger partial charge in [0.1, 0.15) is 4.90 Å². The van der Waals surface area contributed by atoms with Crippen molar-refractivity contribution in [2.75, 3.05) is 38.2 Å². The number of nitrogens with zero attached hydrogens (tertiary/aromatic N) is 1. The fourth-order valence-electron chi connectivity index (χ4n) is 3.11. The average Bonchev–Trinajstić information content (AvgIpc) is 2.75. The van der Waals surface area contributed by atoms with E-state index < -0.39 is 10.0 Å². The van der Waals surface area contributed by atoms with Crippen LogP contribution in [0.4, 0.5) is 5.69 Å². The van der Waals surface area contributed by atoms with Gasteiger partial charge >= 0.3 is 0 Å². The molecule has 2 aromatic carbocycles. The van der Waals surface area contributed by atoms with Crippen LogP contribution in [0, 0.1) is 6.92 Å². The second-order valence-corrected chi connectivity index (χ2v) is 9.40. The molecule has 10 heteroatoms. The second kappa shape index (κ2) is 10.2. The van der Waals surface area contributed by atoms with Crippen molar-refractivity contribution in [3.8, 4) is 0 Å². The van der Waals surface area contributed by atoms with Gasteiger partial charge in [-0.25, -0.2) is 8.42 Å². The summed E-state index contributed by atoms with van der Waals surface area (Å²) in [5, 5.41) is 5.42. The van der Waals surface area contributed by atoms with E-state index >= 15 is 0 Å². The molecular weight excluding hydrogens is 442 g/mol. The molecule has 31 heavy (non-hydrogen) atoms. The fourth-order valence-corrected chi connectivity index (χ4v) is 5.01. The molecule has 0 aromatic heterocycles. The Balaban J connectivity index is 1.59. The van der Waals surface area contributed by atoms with Crippen molar-refractivity contribution in [3.63, 3.8) is 0 Å². The molecule has 2 amide bonds. The van der Waals surface area contributed by atoms with Gasteiger partial charge in [0.05, 0.1) is 18.2 Å². The first-order valence-corrected chi connectivity index (χ1v) is 11.6. The molecule has 1 heterocycles. The lowest BCUT2D eigenvalue weighted by molar-refractivity contribution is -0.116. The number of aryl methyl sites for hydroxylation is 1. The number of nitrogens with one attached hydrogen (secondary N) is 2. The molecule has 166 valence electrons. The van der Waals surface area contributed by atoms with E-state index in [1.54, 1.807) is 18.2 Å². The molecular formula is C21H24ClN3O5S. The number of sulfonamides is 1. The summed E-state index contributed by atoms with van der Waals surface area (Å²) in [7, 11) is -3.80. The minimum absolute atomic E-state index is 0.0335. The number of ether oxygens (including phenoxy) is 1. The quantitative estimate of drug-likeness (QED) is 0.653. The zero-order valence-electron chi connectivity index (χ0n) is 17.1. The van der Waals surface area contributed by atoms with Crippen LogP contribution in [-0.4, -0.2) is 57.4 Å². The van der Waals surface area contributed by atoms with Crippen molar-refractivity contribution in [1.29, 1.82) is 0 Å². The molecule has 2 N–H and O–H groups in total. The van der Waals surface area contributed by atoms with Gasteiger partial charge in [-0.2, -0.15) is 4.31 Å². The molecule has 1 saturated heterocycles. The Hall–Kier alpha value is -2.46. The second-order valence-electron chi connectivity index (χ2n) is 7.09. The van der Waals surface area contributed by atoms with Crippen LogP contribution in [0.5, 0.6) is 0 Å². The lowest BCUT2D eigenvalue weighted by atomic mass is 10.1. The van der Waals surface area contributed by atoms with Crippen molar-refractivity contribution in [1.82, 2.24) is 9.62 Å². The van der Waals surface area contributed by atoms with Gasteiger partial charge < -0.3 is 15.4 Å². The number of benzene rings is 2. The van der Waals surface area contributed by atoms with Crippen LogP contribution < -0.4 is 10.6 Å². The van der Waals surface area contributed by atoms with Crippen molar-refractivity contribution in [2.45, 2.75) is 18.2 Å². The van der Waals surface area contributed by atoms with Crippen LogP contribution in [-0.2, 0) is 19.6 Å². The molecule has 0 bridgehead atoms. The van der Waals surface area contributed by atoms with Crippen LogP contribution in [0.3, 0.4) is 0 Å². The fraction of sp³-hybridized carbons (Fsp3) is 0.333. The Morgan fingerprint density at radius 2 is 1.87 bits per heavy atom. The summed E-state index contributed by atoms with van der Waals surface area (Å²) in [4.78, 5) is 24.3. The first-order valence-electron chi connectivity index (χ1n) is 9.79.